The van der Waals surface area contributed by atoms with Crippen LogP contribution in [-0.2, 0) is 11.3 Å². The van der Waals surface area contributed by atoms with Crippen LogP contribution in [0.4, 0.5) is 18.0 Å². The Morgan fingerprint density at radius 3 is 2.43 bits per heavy atom. The third kappa shape index (κ3) is 3.87. The highest BCUT2D eigenvalue weighted by atomic mass is 32.1. The van der Waals surface area contributed by atoms with Gasteiger partial charge in [0.15, 0.2) is 0 Å². The van der Waals surface area contributed by atoms with Crippen LogP contribution in [0.25, 0.3) is 0 Å². The van der Waals surface area contributed by atoms with Crippen LogP contribution in [0.1, 0.15) is 18.7 Å². The number of amides is 2. The molecule has 0 spiro atoms. The van der Waals surface area contributed by atoms with Crippen molar-refractivity contribution < 1.29 is 27.9 Å². The van der Waals surface area contributed by atoms with E-state index in [-0.39, 0.29) is 13.1 Å². The molecule has 118 valence electrons. The molecule has 0 fully saturated rings. The van der Waals surface area contributed by atoms with E-state index in [4.69, 9.17) is 5.11 Å². The minimum atomic E-state index is -5.10. The zero-order chi connectivity index (χ0) is 16.3. The quantitative estimate of drug-likeness (QED) is 0.875. The van der Waals surface area contributed by atoms with E-state index in [1.54, 1.807) is 29.8 Å². The average molecular weight is 324 g/mol. The smallest absolute Gasteiger partial charge is 0.422 e. The number of thiophene rings is 1. The van der Waals surface area contributed by atoms with Gasteiger partial charge in [-0.25, -0.2) is 9.59 Å². The molecule has 21 heavy (non-hydrogen) atoms. The topological polar surface area (TPSA) is 69.6 Å². The Morgan fingerprint density at radius 1 is 1.43 bits per heavy atom. The SMILES string of the molecule is CCN(Cc1cccs1)C(=O)NC(C)(C(=O)O)C(F)(F)F. The van der Waals surface area contributed by atoms with Gasteiger partial charge in [0, 0.05) is 11.4 Å². The van der Waals surface area contributed by atoms with Crippen molar-refractivity contribution in [2.24, 2.45) is 0 Å². The molecule has 1 unspecified atom stereocenters. The second-order valence-corrected chi connectivity index (χ2v) is 5.48. The highest BCUT2D eigenvalue weighted by Crippen LogP contribution is 2.30. The number of carbonyl (C=O) groups excluding carboxylic acids is 1. The van der Waals surface area contributed by atoms with Crippen molar-refractivity contribution in [3.05, 3.63) is 22.4 Å². The van der Waals surface area contributed by atoms with Crippen LogP contribution in [0.5, 0.6) is 0 Å². The van der Waals surface area contributed by atoms with Gasteiger partial charge >= 0.3 is 18.2 Å². The lowest BCUT2D eigenvalue weighted by atomic mass is 10.0. The molecule has 0 aliphatic heterocycles. The lowest BCUT2D eigenvalue weighted by molar-refractivity contribution is -0.203. The molecule has 1 rings (SSSR count). The van der Waals surface area contributed by atoms with Gasteiger partial charge in [-0.1, -0.05) is 6.07 Å². The fraction of sp³-hybridized carbons (Fsp3) is 0.500. The number of nitrogens with zero attached hydrogens (tertiary/aromatic N) is 1. The standard InChI is InChI=1S/C12H15F3N2O3S/c1-3-17(7-8-5-4-6-21-8)10(20)16-11(2,9(18)19)12(13,14)15/h4-6H,3,7H2,1-2H3,(H,16,20)(H,18,19). The fourth-order valence-corrected chi connectivity index (χ4v) is 2.18. The largest absolute Gasteiger partial charge is 0.479 e. The highest BCUT2D eigenvalue weighted by molar-refractivity contribution is 7.09. The molecular weight excluding hydrogens is 309 g/mol. The third-order valence-electron chi connectivity index (χ3n) is 2.95. The monoisotopic (exact) mass is 324 g/mol. The van der Waals surface area contributed by atoms with Gasteiger partial charge in [0.1, 0.15) is 0 Å². The van der Waals surface area contributed by atoms with E-state index in [9.17, 15) is 22.8 Å². The number of carboxylic acids is 1. The molecule has 2 amide bonds. The van der Waals surface area contributed by atoms with Crippen molar-refractivity contribution in [3.8, 4) is 0 Å². The molecule has 9 heteroatoms. The van der Waals surface area contributed by atoms with Crippen LogP contribution in [-0.4, -0.2) is 40.3 Å². The predicted molar refractivity (Wildman–Crippen MR) is 71.0 cm³/mol. The molecule has 1 aromatic heterocycles. The van der Waals surface area contributed by atoms with Crippen LogP contribution in [0.15, 0.2) is 17.5 Å². The Kier molecular flexibility index (Phi) is 5.21. The van der Waals surface area contributed by atoms with E-state index in [0.29, 0.717) is 6.92 Å². The van der Waals surface area contributed by atoms with Crippen LogP contribution >= 0.6 is 11.3 Å². The predicted octanol–water partition coefficient (Wildman–Crippen LogP) is 2.69. The number of halogens is 3. The summed E-state index contributed by atoms with van der Waals surface area (Å²) in [7, 11) is 0. The summed E-state index contributed by atoms with van der Waals surface area (Å²) in [6.45, 7) is 2.29. The number of aliphatic carboxylic acids is 1. The molecular formula is C12H15F3N2O3S. The van der Waals surface area contributed by atoms with E-state index in [1.165, 1.54) is 11.3 Å². The molecule has 1 atom stereocenters. The summed E-state index contributed by atoms with van der Waals surface area (Å²) < 4.78 is 38.5. The van der Waals surface area contributed by atoms with E-state index < -0.39 is 23.7 Å². The van der Waals surface area contributed by atoms with Gasteiger partial charge in [-0.2, -0.15) is 13.2 Å². The van der Waals surface area contributed by atoms with Gasteiger partial charge in [0.05, 0.1) is 6.54 Å². The van der Waals surface area contributed by atoms with Crippen LogP contribution in [0.3, 0.4) is 0 Å². The third-order valence-corrected chi connectivity index (χ3v) is 3.81. The van der Waals surface area contributed by atoms with E-state index in [2.05, 4.69) is 0 Å². The second-order valence-electron chi connectivity index (χ2n) is 4.45. The van der Waals surface area contributed by atoms with E-state index in [0.717, 1.165) is 9.78 Å². The number of alkyl halides is 3. The zero-order valence-corrected chi connectivity index (χ0v) is 12.2. The molecule has 0 saturated heterocycles. The summed E-state index contributed by atoms with van der Waals surface area (Å²) in [5.41, 5.74) is -3.33. The Morgan fingerprint density at radius 2 is 2.05 bits per heavy atom. The van der Waals surface area contributed by atoms with Gasteiger partial charge in [-0.15, -0.1) is 11.3 Å². The lowest BCUT2D eigenvalue weighted by Gasteiger charge is -2.31. The fourth-order valence-electron chi connectivity index (χ4n) is 1.46. The minimum Gasteiger partial charge on any atom is -0.479 e. The van der Waals surface area contributed by atoms with Crippen molar-refractivity contribution in [2.45, 2.75) is 32.1 Å². The maximum absolute atomic E-state index is 12.8. The molecule has 0 radical (unpaired) electrons. The molecule has 0 aliphatic carbocycles. The van der Waals surface area contributed by atoms with Gasteiger partial charge < -0.3 is 15.3 Å². The number of hydrogen-bond donors (Lipinski definition) is 2. The van der Waals surface area contributed by atoms with Crippen LogP contribution < -0.4 is 5.32 Å². The summed E-state index contributed by atoms with van der Waals surface area (Å²) in [5, 5.41) is 12.1. The maximum Gasteiger partial charge on any atom is 0.422 e. The first kappa shape index (κ1) is 17.3. The number of rotatable bonds is 5. The van der Waals surface area contributed by atoms with Crippen LogP contribution in [0, 0.1) is 0 Å². The van der Waals surface area contributed by atoms with Crippen molar-refractivity contribution in [1.82, 2.24) is 10.2 Å². The Labute approximate surface area is 123 Å². The number of carboxylic acid groups (broad SMARTS) is 1. The molecule has 0 saturated carbocycles. The summed E-state index contributed by atoms with van der Waals surface area (Å²) in [6.07, 6.45) is -5.10. The zero-order valence-electron chi connectivity index (χ0n) is 11.4. The number of urea groups is 1. The minimum absolute atomic E-state index is 0.119. The maximum atomic E-state index is 12.8. The summed E-state index contributed by atoms with van der Waals surface area (Å²) >= 11 is 1.35. The molecule has 5 nitrogen and oxygen atoms in total. The summed E-state index contributed by atoms with van der Waals surface area (Å²) in [6, 6.07) is 2.41. The van der Waals surface area contributed by atoms with E-state index in [1.807, 2.05) is 0 Å². The first-order chi connectivity index (χ1) is 9.61. The average Bonchev–Trinajstić information content (AvgIpc) is 2.86. The van der Waals surface area contributed by atoms with Gasteiger partial charge in [-0.05, 0) is 25.3 Å². The molecule has 2 N–H and O–H groups in total. The van der Waals surface area contributed by atoms with Gasteiger partial charge in [0.2, 0.25) is 5.54 Å². The Bertz CT molecular complexity index is 504. The molecule has 0 aliphatic rings. The Hall–Kier alpha value is -1.77. The molecule has 0 aromatic carbocycles. The first-order valence-electron chi connectivity index (χ1n) is 6.01. The van der Waals surface area contributed by atoms with Crippen molar-refractivity contribution in [1.29, 1.82) is 0 Å². The summed E-state index contributed by atoms with van der Waals surface area (Å²) in [4.78, 5) is 24.7. The normalized spacial score (nSPS) is 14.3. The molecule has 1 heterocycles. The van der Waals surface area contributed by atoms with Crippen molar-refractivity contribution >= 4 is 23.3 Å². The number of nitrogens with one attached hydrogen (secondary N) is 1. The lowest BCUT2D eigenvalue weighted by Crippen LogP contribution is -2.63. The van der Waals surface area contributed by atoms with Gasteiger partial charge in [-0.3, -0.25) is 0 Å². The van der Waals surface area contributed by atoms with Crippen LogP contribution in [0.2, 0.25) is 0 Å². The number of hydrogen-bond acceptors (Lipinski definition) is 3. The number of carbonyl (C=O) groups is 2. The van der Waals surface area contributed by atoms with Crippen molar-refractivity contribution in [2.75, 3.05) is 6.54 Å². The van der Waals surface area contributed by atoms with Gasteiger partial charge in [0.25, 0.3) is 0 Å². The van der Waals surface area contributed by atoms with E-state index >= 15 is 0 Å². The highest BCUT2D eigenvalue weighted by Gasteiger charge is 2.58. The first-order valence-corrected chi connectivity index (χ1v) is 6.89. The Balaban J connectivity index is 2.87. The second kappa shape index (κ2) is 6.33. The molecule has 1 aromatic rings. The molecule has 0 bridgehead atoms. The van der Waals surface area contributed by atoms with Crippen molar-refractivity contribution in [3.63, 3.8) is 0 Å². The summed E-state index contributed by atoms with van der Waals surface area (Å²) in [5.74, 6) is -2.16.